The minimum atomic E-state index is -0.563. The lowest BCUT2D eigenvalue weighted by Crippen LogP contribution is -2.44. The Hall–Kier alpha value is -2.23. The van der Waals surface area contributed by atoms with Gasteiger partial charge in [0, 0.05) is 18.9 Å². The molecule has 2 aromatic rings. The Morgan fingerprint density at radius 3 is 2.84 bits per heavy atom. The van der Waals surface area contributed by atoms with Crippen molar-refractivity contribution in [2.24, 2.45) is 11.7 Å². The lowest BCUT2D eigenvalue weighted by atomic mass is 9.92. The van der Waals surface area contributed by atoms with Crippen LogP contribution in [0.3, 0.4) is 0 Å². The summed E-state index contributed by atoms with van der Waals surface area (Å²) in [4.78, 5) is 12.4. The first-order valence-electron chi connectivity index (χ1n) is 7.74. The van der Waals surface area contributed by atoms with Gasteiger partial charge in [-0.05, 0) is 47.4 Å². The van der Waals surface area contributed by atoms with Crippen molar-refractivity contribution >= 4 is 24.0 Å². The topological polar surface area (TPSA) is 117 Å². The highest BCUT2D eigenvalue weighted by Gasteiger charge is 2.26. The van der Waals surface area contributed by atoms with Crippen LogP contribution in [0.15, 0.2) is 24.5 Å². The van der Waals surface area contributed by atoms with Crippen LogP contribution < -0.4 is 15.8 Å². The van der Waals surface area contributed by atoms with Gasteiger partial charge in [0.15, 0.2) is 0 Å². The van der Waals surface area contributed by atoms with Crippen LogP contribution in [-0.4, -0.2) is 52.5 Å². The van der Waals surface area contributed by atoms with Crippen LogP contribution in [0.2, 0.25) is 0 Å². The van der Waals surface area contributed by atoms with Gasteiger partial charge in [0.25, 0.3) is 0 Å². The van der Waals surface area contributed by atoms with E-state index in [1.807, 2.05) is 0 Å². The maximum Gasteiger partial charge on any atom is 0.241 e. The van der Waals surface area contributed by atoms with Gasteiger partial charge in [-0.15, -0.1) is 17.5 Å². The summed E-state index contributed by atoms with van der Waals surface area (Å²) in [5.41, 5.74) is 7.33. The minimum absolute atomic E-state index is 0. The normalized spacial score (nSPS) is 15.9. The zero-order valence-electron chi connectivity index (χ0n) is 13.8. The Labute approximate surface area is 151 Å². The monoisotopic (exact) mass is 368 g/mol. The number of carbonyl (C=O) groups excluding carboxylic acids is 1. The number of anilines is 1. The number of nitrogens with two attached hydrogens (primary N) is 1. The fourth-order valence-electron chi connectivity index (χ4n) is 2.73. The van der Waals surface area contributed by atoms with Crippen LogP contribution in [0.25, 0.3) is 5.69 Å². The maximum absolute atomic E-state index is 12.4. The number of aromatic nitrogens is 4. The van der Waals surface area contributed by atoms with Gasteiger partial charge in [-0.3, -0.25) is 4.79 Å². The molecule has 25 heavy (non-hydrogen) atoms. The van der Waals surface area contributed by atoms with Crippen LogP contribution >= 0.6 is 12.4 Å². The molecular weight excluding hydrogens is 348 g/mol. The number of hydrogen-bond donors (Lipinski definition) is 2. The Morgan fingerprint density at radius 2 is 2.20 bits per heavy atom. The van der Waals surface area contributed by atoms with Gasteiger partial charge in [0.2, 0.25) is 5.91 Å². The lowest BCUT2D eigenvalue weighted by Gasteiger charge is -2.26. The van der Waals surface area contributed by atoms with E-state index in [0.29, 0.717) is 30.3 Å². The minimum Gasteiger partial charge on any atom is -0.494 e. The van der Waals surface area contributed by atoms with Crippen molar-refractivity contribution in [1.29, 1.82) is 0 Å². The van der Waals surface area contributed by atoms with Gasteiger partial charge in [-0.2, -0.15) is 4.68 Å². The van der Waals surface area contributed by atoms with E-state index in [1.165, 1.54) is 11.0 Å². The fourth-order valence-corrected chi connectivity index (χ4v) is 2.73. The van der Waals surface area contributed by atoms with Crippen LogP contribution in [0.5, 0.6) is 5.75 Å². The summed E-state index contributed by atoms with van der Waals surface area (Å²) in [5.74, 6) is 0.514. The number of benzene rings is 1. The Morgan fingerprint density at radius 1 is 1.44 bits per heavy atom. The smallest absolute Gasteiger partial charge is 0.241 e. The van der Waals surface area contributed by atoms with Crippen LogP contribution in [0, 0.1) is 5.92 Å². The zero-order chi connectivity index (χ0) is 16.9. The number of carbonyl (C=O) groups is 1. The summed E-state index contributed by atoms with van der Waals surface area (Å²) in [6, 6.07) is 4.67. The molecule has 1 atom stereocenters. The number of nitrogens with zero attached hydrogens (tertiary/aromatic N) is 4. The van der Waals surface area contributed by atoms with Crippen molar-refractivity contribution in [1.82, 2.24) is 20.2 Å². The fraction of sp³-hybridized carbons (Fsp3) is 0.467. The van der Waals surface area contributed by atoms with Gasteiger partial charge >= 0.3 is 0 Å². The van der Waals surface area contributed by atoms with E-state index < -0.39 is 6.04 Å². The molecule has 3 N–H and O–H groups in total. The van der Waals surface area contributed by atoms with Gasteiger partial charge in [0.1, 0.15) is 17.8 Å². The summed E-state index contributed by atoms with van der Waals surface area (Å²) in [6.07, 6.45) is 3.05. The SMILES string of the molecule is COc1ccc(NC(=O)C(N)C2CCOCC2)cc1-n1cnnn1.Cl. The third kappa shape index (κ3) is 4.44. The molecule has 1 saturated heterocycles. The van der Waals surface area contributed by atoms with E-state index in [9.17, 15) is 4.79 Å². The molecule has 1 amide bonds. The number of methoxy groups -OCH3 is 1. The standard InChI is InChI=1S/C15H20N6O3.ClH/c1-23-13-3-2-11(8-12(13)21-9-17-19-20-21)18-15(22)14(16)10-4-6-24-7-5-10;/h2-3,8-10,14H,4-7,16H2,1H3,(H,18,22);1H. The largest absolute Gasteiger partial charge is 0.494 e. The first-order chi connectivity index (χ1) is 11.7. The number of rotatable bonds is 5. The molecular formula is C15H21ClN6O3. The van der Waals surface area contributed by atoms with Crippen molar-refractivity contribution in [3.8, 4) is 11.4 Å². The summed E-state index contributed by atoms with van der Waals surface area (Å²) < 4.78 is 12.1. The molecule has 1 aliphatic rings. The second-order valence-corrected chi connectivity index (χ2v) is 5.61. The molecule has 1 aromatic carbocycles. The number of halogens is 1. The first-order valence-corrected chi connectivity index (χ1v) is 7.74. The number of tetrazole rings is 1. The highest BCUT2D eigenvalue weighted by atomic mass is 35.5. The van der Waals surface area contributed by atoms with E-state index >= 15 is 0 Å². The van der Waals surface area contributed by atoms with Gasteiger partial charge in [0.05, 0.1) is 13.2 Å². The third-order valence-electron chi connectivity index (χ3n) is 4.12. The van der Waals surface area contributed by atoms with Crippen molar-refractivity contribution < 1.29 is 14.3 Å². The molecule has 0 radical (unpaired) electrons. The summed E-state index contributed by atoms with van der Waals surface area (Å²) in [6.45, 7) is 1.30. The summed E-state index contributed by atoms with van der Waals surface area (Å²) in [5, 5.41) is 13.9. The Bertz CT molecular complexity index is 691. The third-order valence-corrected chi connectivity index (χ3v) is 4.12. The second-order valence-electron chi connectivity index (χ2n) is 5.61. The molecule has 0 spiro atoms. The molecule has 1 aromatic heterocycles. The number of amides is 1. The van der Waals surface area contributed by atoms with Crippen molar-refractivity contribution in [3.05, 3.63) is 24.5 Å². The van der Waals surface area contributed by atoms with Crippen LogP contribution in [-0.2, 0) is 9.53 Å². The van der Waals surface area contributed by atoms with Crippen LogP contribution in [0.4, 0.5) is 5.69 Å². The average molecular weight is 369 g/mol. The van der Waals surface area contributed by atoms with E-state index in [0.717, 1.165) is 12.8 Å². The summed E-state index contributed by atoms with van der Waals surface area (Å²) >= 11 is 0. The van der Waals surface area contributed by atoms with E-state index in [1.54, 1.807) is 25.3 Å². The average Bonchev–Trinajstić information content (AvgIpc) is 3.16. The van der Waals surface area contributed by atoms with Gasteiger partial charge < -0.3 is 20.5 Å². The molecule has 1 fully saturated rings. The van der Waals surface area contributed by atoms with Crippen molar-refractivity contribution in [2.45, 2.75) is 18.9 Å². The number of ether oxygens (including phenoxy) is 2. The Balaban J connectivity index is 0.00000225. The molecule has 0 bridgehead atoms. The van der Waals surface area contributed by atoms with Gasteiger partial charge in [-0.1, -0.05) is 0 Å². The van der Waals surface area contributed by atoms with Crippen molar-refractivity contribution in [2.75, 3.05) is 25.6 Å². The zero-order valence-corrected chi connectivity index (χ0v) is 14.6. The quantitative estimate of drug-likeness (QED) is 0.800. The van der Waals surface area contributed by atoms with E-state index in [4.69, 9.17) is 15.2 Å². The number of nitrogens with one attached hydrogen (secondary N) is 1. The highest BCUT2D eigenvalue weighted by Crippen LogP contribution is 2.26. The molecule has 9 nitrogen and oxygen atoms in total. The molecule has 0 saturated carbocycles. The molecule has 0 aliphatic carbocycles. The predicted molar refractivity (Wildman–Crippen MR) is 93.1 cm³/mol. The molecule has 3 rings (SSSR count). The van der Waals surface area contributed by atoms with Crippen LogP contribution in [0.1, 0.15) is 12.8 Å². The molecule has 136 valence electrons. The van der Waals surface area contributed by atoms with Gasteiger partial charge in [-0.25, -0.2) is 0 Å². The lowest BCUT2D eigenvalue weighted by molar-refractivity contribution is -0.119. The summed E-state index contributed by atoms with van der Waals surface area (Å²) in [7, 11) is 1.56. The molecule has 10 heteroatoms. The Kier molecular flexibility index (Phi) is 6.68. The number of hydrogen-bond acceptors (Lipinski definition) is 7. The van der Waals surface area contributed by atoms with Crippen molar-refractivity contribution in [3.63, 3.8) is 0 Å². The molecule has 2 heterocycles. The predicted octanol–water partition coefficient (Wildman–Crippen LogP) is 0.785. The van der Waals surface area contributed by atoms with E-state index in [2.05, 4.69) is 20.8 Å². The highest BCUT2D eigenvalue weighted by molar-refractivity contribution is 5.95. The second kappa shape index (κ2) is 8.75. The van der Waals surface area contributed by atoms with E-state index in [-0.39, 0.29) is 24.2 Å². The molecule has 1 aliphatic heterocycles. The first kappa shape index (κ1) is 19.1. The maximum atomic E-state index is 12.4. The molecule has 1 unspecified atom stereocenters.